The van der Waals surface area contributed by atoms with Crippen LogP contribution in [0.25, 0.3) is 0 Å². The van der Waals surface area contributed by atoms with Crippen LogP contribution in [0.15, 0.2) is 11.1 Å². The Hall–Kier alpha value is -1.41. The number of nitrogens with zero attached hydrogens (tertiary/aromatic N) is 3. The molecule has 1 heterocycles. The van der Waals surface area contributed by atoms with Gasteiger partial charge in [0.05, 0.1) is 5.69 Å². The lowest BCUT2D eigenvalue weighted by atomic mass is 10.3. The summed E-state index contributed by atoms with van der Waals surface area (Å²) in [5, 5.41) is 4.09. The quantitative estimate of drug-likeness (QED) is 0.466. The summed E-state index contributed by atoms with van der Waals surface area (Å²) in [6.45, 7) is 2.00. The predicted octanol–water partition coefficient (Wildman–Crippen LogP) is 0.950. The maximum atomic E-state index is 9.89. The molecule has 0 atom stereocenters. The van der Waals surface area contributed by atoms with Crippen LogP contribution in [0.2, 0.25) is 0 Å². The summed E-state index contributed by atoms with van der Waals surface area (Å²) in [5.74, 6) is 0.553. The second-order valence-electron chi connectivity index (χ2n) is 2.17. The van der Waals surface area contributed by atoms with Crippen molar-refractivity contribution in [3.8, 4) is 0 Å². The van der Waals surface area contributed by atoms with Gasteiger partial charge in [0.15, 0.2) is 5.82 Å². The summed E-state index contributed by atoms with van der Waals surface area (Å²) >= 11 is 0. The SMILES string of the molecule is CCc1cc(N=C=O)n(C)n1. The van der Waals surface area contributed by atoms with E-state index < -0.39 is 0 Å². The van der Waals surface area contributed by atoms with Crippen LogP contribution in [0.4, 0.5) is 5.82 Å². The number of carbonyl (C=O) groups excluding carboxylic acids is 1. The van der Waals surface area contributed by atoms with E-state index in [1.165, 1.54) is 6.08 Å². The van der Waals surface area contributed by atoms with Crippen LogP contribution in [0, 0.1) is 0 Å². The van der Waals surface area contributed by atoms with Gasteiger partial charge in [-0.25, -0.2) is 9.48 Å². The highest BCUT2D eigenvalue weighted by Gasteiger charge is 2.00. The number of aromatic nitrogens is 2. The van der Waals surface area contributed by atoms with E-state index in [1.807, 2.05) is 6.92 Å². The van der Waals surface area contributed by atoms with Crippen LogP contribution in [-0.2, 0) is 18.3 Å². The molecule has 1 aromatic heterocycles. The van der Waals surface area contributed by atoms with Gasteiger partial charge in [-0.2, -0.15) is 5.10 Å². The molecule has 0 N–H and O–H groups in total. The predicted molar refractivity (Wildman–Crippen MR) is 40.4 cm³/mol. The number of aliphatic imine (C=N–C) groups is 1. The van der Waals surface area contributed by atoms with E-state index in [9.17, 15) is 4.79 Å². The molecule has 0 radical (unpaired) electrons. The van der Waals surface area contributed by atoms with Gasteiger partial charge in [0.1, 0.15) is 0 Å². The third kappa shape index (κ3) is 1.53. The second kappa shape index (κ2) is 3.12. The van der Waals surface area contributed by atoms with E-state index in [0.29, 0.717) is 5.82 Å². The zero-order valence-corrected chi connectivity index (χ0v) is 6.53. The first-order valence-corrected chi connectivity index (χ1v) is 3.38. The Morgan fingerprint density at radius 1 is 1.82 bits per heavy atom. The van der Waals surface area contributed by atoms with Crippen LogP contribution >= 0.6 is 0 Å². The Morgan fingerprint density at radius 2 is 2.55 bits per heavy atom. The van der Waals surface area contributed by atoms with Gasteiger partial charge in [-0.05, 0) is 6.42 Å². The molecule has 0 unspecified atom stereocenters. The summed E-state index contributed by atoms with van der Waals surface area (Å²) in [7, 11) is 1.75. The summed E-state index contributed by atoms with van der Waals surface area (Å²) in [6, 6.07) is 1.77. The van der Waals surface area contributed by atoms with Gasteiger partial charge in [-0.1, -0.05) is 6.92 Å². The van der Waals surface area contributed by atoms with Crippen molar-refractivity contribution in [2.45, 2.75) is 13.3 Å². The van der Waals surface area contributed by atoms with E-state index in [0.717, 1.165) is 12.1 Å². The molecule has 0 saturated carbocycles. The molecule has 0 aromatic carbocycles. The van der Waals surface area contributed by atoms with Crippen molar-refractivity contribution < 1.29 is 4.79 Å². The maximum Gasteiger partial charge on any atom is 0.242 e. The summed E-state index contributed by atoms with van der Waals surface area (Å²) < 4.78 is 1.56. The van der Waals surface area contributed by atoms with Crippen molar-refractivity contribution in [1.29, 1.82) is 0 Å². The Morgan fingerprint density at radius 3 is 3.00 bits per heavy atom. The van der Waals surface area contributed by atoms with Crippen LogP contribution in [0.5, 0.6) is 0 Å². The van der Waals surface area contributed by atoms with Crippen molar-refractivity contribution in [1.82, 2.24) is 9.78 Å². The van der Waals surface area contributed by atoms with Crippen molar-refractivity contribution in [3.05, 3.63) is 11.8 Å². The average Bonchev–Trinajstić information content (AvgIpc) is 2.33. The van der Waals surface area contributed by atoms with Crippen LogP contribution in [0.1, 0.15) is 12.6 Å². The van der Waals surface area contributed by atoms with E-state index in [-0.39, 0.29) is 0 Å². The first-order chi connectivity index (χ1) is 5.27. The van der Waals surface area contributed by atoms with E-state index in [1.54, 1.807) is 17.8 Å². The van der Waals surface area contributed by atoms with Gasteiger partial charge in [-0.15, -0.1) is 4.99 Å². The summed E-state index contributed by atoms with van der Waals surface area (Å²) in [5.41, 5.74) is 0.932. The number of hydrogen-bond donors (Lipinski definition) is 0. The fourth-order valence-corrected chi connectivity index (χ4v) is 0.839. The molecule has 4 heteroatoms. The molecule has 0 aliphatic heterocycles. The average molecular weight is 151 g/mol. The normalized spacial score (nSPS) is 9.27. The summed E-state index contributed by atoms with van der Waals surface area (Å²) in [4.78, 5) is 13.4. The smallest absolute Gasteiger partial charge is 0.242 e. The Labute approximate surface area is 64.6 Å². The van der Waals surface area contributed by atoms with Gasteiger partial charge in [0, 0.05) is 13.1 Å². The number of aryl methyl sites for hydroxylation is 2. The maximum absolute atomic E-state index is 9.89. The molecule has 0 aliphatic carbocycles. The fraction of sp³-hybridized carbons (Fsp3) is 0.429. The molecule has 58 valence electrons. The molecule has 0 spiro atoms. The first kappa shape index (κ1) is 7.69. The number of rotatable bonds is 2. The zero-order chi connectivity index (χ0) is 8.27. The largest absolute Gasteiger partial charge is 0.250 e. The minimum Gasteiger partial charge on any atom is -0.250 e. The summed E-state index contributed by atoms with van der Waals surface area (Å²) in [6.07, 6.45) is 2.33. The number of hydrogen-bond acceptors (Lipinski definition) is 3. The van der Waals surface area contributed by atoms with Crippen molar-refractivity contribution in [2.75, 3.05) is 0 Å². The van der Waals surface area contributed by atoms with Gasteiger partial charge >= 0.3 is 0 Å². The third-order valence-electron chi connectivity index (χ3n) is 1.43. The lowest BCUT2D eigenvalue weighted by molar-refractivity contribution is 0.564. The molecular formula is C7H9N3O. The third-order valence-corrected chi connectivity index (χ3v) is 1.43. The van der Waals surface area contributed by atoms with Gasteiger partial charge < -0.3 is 0 Å². The van der Waals surface area contributed by atoms with Crippen LogP contribution in [-0.4, -0.2) is 15.9 Å². The van der Waals surface area contributed by atoms with Crippen molar-refractivity contribution in [3.63, 3.8) is 0 Å². The molecule has 4 nitrogen and oxygen atoms in total. The highest BCUT2D eigenvalue weighted by atomic mass is 16.1. The monoisotopic (exact) mass is 151 g/mol. The van der Waals surface area contributed by atoms with Crippen LogP contribution in [0.3, 0.4) is 0 Å². The Balaban J connectivity index is 3.06. The first-order valence-electron chi connectivity index (χ1n) is 3.38. The van der Waals surface area contributed by atoms with Crippen molar-refractivity contribution >= 4 is 11.9 Å². The highest BCUT2D eigenvalue weighted by molar-refractivity contribution is 5.45. The van der Waals surface area contributed by atoms with Crippen LogP contribution < -0.4 is 0 Å². The zero-order valence-electron chi connectivity index (χ0n) is 6.53. The lowest BCUT2D eigenvalue weighted by Gasteiger charge is -1.87. The van der Waals surface area contributed by atoms with Gasteiger partial charge in [-0.3, -0.25) is 0 Å². The number of isocyanates is 1. The molecule has 0 amide bonds. The topological polar surface area (TPSA) is 47.2 Å². The molecule has 0 aliphatic rings. The molecular weight excluding hydrogens is 142 g/mol. The fourth-order valence-electron chi connectivity index (χ4n) is 0.839. The second-order valence-corrected chi connectivity index (χ2v) is 2.17. The van der Waals surface area contributed by atoms with Crippen molar-refractivity contribution in [2.24, 2.45) is 12.0 Å². The van der Waals surface area contributed by atoms with E-state index in [2.05, 4.69) is 10.1 Å². The molecule has 0 bridgehead atoms. The molecule has 0 fully saturated rings. The Bertz CT molecular complexity index is 297. The molecule has 1 aromatic rings. The standard InChI is InChI=1S/C7H9N3O/c1-3-6-4-7(8-5-11)10(2)9-6/h4H,3H2,1-2H3. The molecule has 11 heavy (non-hydrogen) atoms. The van der Waals surface area contributed by atoms with Gasteiger partial charge in [0.25, 0.3) is 0 Å². The minimum absolute atomic E-state index is 0.553. The van der Waals surface area contributed by atoms with E-state index in [4.69, 9.17) is 0 Å². The highest BCUT2D eigenvalue weighted by Crippen LogP contribution is 2.11. The van der Waals surface area contributed by atoms with Gasteiger partial charge in [0.2, 0.25) is 6.08 Å². The Kier molecular flexibility index (Phi) is 2.18. The molecule has 0 saturated heterocycles. The van der Waals surface area contributed by atoms with E-state index >= 15 is 0 Å². The molecule has 1 rings (SSSR count). The minimum atomic E-state index is 0.553. The lowest BCUT2D eigenvalue weighted by Crippen LogP contribution is -1.90.